The average Bonchev–Trinajstić information content (AvgIpc) is 3.05. The number of likely N-dealkylation sites (tertiary alicyclic amines) is 1. The third-order valence-corrected chi connectivity index (χ3v) is 4.76. The first-order chi connectivity index (χ1) is 8.83. The molecule has 4 heteroatoms. The number of piperidine rings is 1. The molecule has 1 amide bonds. The molecule has 0 saturated carbocycles. The maximum Gasteiger partial charge on any atom is 0.222 e. The molecule has 3 rings (SSSR count). The zero-order chi connectivity index (χ0) is 12.4. The summed E-state index contributed by atoms with van der Waals surface area (Å²) in [5, 5.41) is 3.44. The number of hydrogen-bond acceptors (Lipinski definition) is 3. The average molecular weight is 252 g/mol. The van der Waals surface area contributed by atoms with E-state index in [1.165, 1.54) is 6.42 Å². The smallest absolute Gasteiger partial charge is 0.222 e. The molecule has 0 aliphatic carbocycles. The third-order valence-electron chi connectivity index (χ3n) is 4.76. The van der Waals surface area contributed by atoms with Gasteiger partial charge in [0, 0.05) is 26.1 Å². The van der Waals surface area contributed by atoms with Gasteiger partial charge in [-0.2, -0.15) is 0 Å². The van der Waals surface area contributed by atoms with Crippen LogP contribution in [0.2, 0.25) is 0 Å². The van der Waals surface area contributed by atoms with Crippen LogP contribution in [0.25, 0.3) is 0 Å². The van der Waals surface area contributed by atoms with Crippen LogP contribution in [0, 0.1) is 11.8 Å². The van der Waals surface area contributed by atoms with Crippen LogP contribution in [-0.2, 0) is 9.53 Å². The van der Waals surface area contributed by atoms with Crippen molar-refractivity contribution in [1.29, 1.82) is 0 Å². The number of nitrogens with zero attached hydrogens (tertiary/aromatic N) is 1. The molecule has 3 fully saturated rings. The van der Waals surface area contributed by atoms with Crippen LogP contribution >= 0.6 is 0 Å². The Bertz CT molecular complexity index is 302. The second-order valence-electron chi connectivity index (χ2n) is 5.98. The van der Waals surface area contributed by atoms with Crippen LogP contribution in [-0.4, -0.2) is 49.7 Å². The third kappa shape index (κ3) is 2.69. The molecule has 3 heterocycles. The van der Waals surface area contributed by atoms with E-state index in [4.69, 9.17) is 4.74 Å². The van der Waals surface area contributed by atoms with Crippen LogP contribution in [0.5, 0.6) is 0 Å². The first kappa shape index (κ1) is 12.4. The number of nitrogens with one attached hydrogen (secondary N) is 1. The summed E-state index contributed by atoms with van der Waals surface area (Å²) in [4.78, 5) is 14.3. The molecular formula is C14H24N2O2. The summed E-state index contributed by atoms with van der Waals surface area (Å²) in [6.45, 7) is 5.08. The van der Waals surface area contributed by atoms with Crippen LogP contribution in [0.3, 0.4) is 0 Å². The first-order valence-corrected chi connectivity index (χ1v) is 7.43. The maximum absolute atomic E-state index is 12.2. The molecule has 0 spiro atoms. The van der Waals surface area contributed by atoms with Gasteiger partial charge in [0.1, 0.15) is 0 Å². The van der Waals surface area contributed by atoms with Gasteiger partial charge in [0.2, 0.25) is 5.91 Å². The van der Waals surface area contributed by atoms with Gasteiger partial charge in [-0.05, 0) is 50.6 Å². The lowest BCUT2D eigenvalue weighted by Gasteiger charge is -2.34. The van der Waals surface area contributed by atoms with Crippen LogP contribution in [0.1, 0.15) is 32.1 Å². The van der Waals surface area contributed by atoms with Gasteiger partial charge in [0.15, 0.2) is 0 Å². The molecule has 0 aromatic carbocycles. The molecule has 3 saturated heterocycles. The molecule has 4 nitrogen and oxygen atoms in total. The summed E-state index contributed by atoms with van der Waals surface area (Å²) in [6, 6.07) is 0. The van der Waals surface area contributed by atoms with Crippen molar-refractivity contribution in [3.05, 3.63) is 0 Å². The van der Waals surface area contributed by atoms with Crippen LogP contribution in [0.4, 0.5) is 0 Å². The van der Waals surface area contributed by atoms with Crippen molar-refractivity contribution in [3.8, 4) is 0 Å². The normalized spacial score (nSPS) is 35.8. The van der Waals surface area contributed by atoms with E-state index in [0.29, 0.717) is 24.3 Å². The van der Waals surface area contributed by atoms with Crippen molar-refractivity contribution < 1.29 is 9.53 Å². The van der Waals surface area contributed by atoms with Crippen molar-refractivity contribution in [2.45, 2.75) is 38.2 Å². The van der Waals surface area contributed by atoms with E-state index >= 15 is 0 Å². The van der Waals surface area contributed by atoms with Crippen molar-refractivity contribution >= 4 is 5.91 Å². The van der Waals surface area contributed by atoms with Gasteiger partial charge in [-0.15, -0.1) is 0 Å². The number of amides is 1. The summed E-state index contributed by atoms with van der Waals surface area (Å²) < 4.78 is 5.58. The fourth-order valence-corrected chi connectivity index (χ4v) is 3.58. The fraction of sp³-hybridized carbons (Fsp3) is 0.929. The molecule has 0 bridgehead atoms. The largest absolute Gasteiger partial charge is 0.378 e. The first-order valence-electron chi connectivity index (χ1n) is 7.43. The summed E-state index contributed by atoms with van der Waals surface area (Å²) in [5.41, 5.74) is 0. The number of rotatable bonds is 3. The highest BCUT2D eigenvalue weighted by molar-refractivity contribution is 5.76. The highest BCUT2D eigenvalue weighted by Gasteiger charge is 2.34. The summed E-state index contributed by atoms with van der Waals surface area (Å²) in [7, 11) is 0. The lowest BCUT2D eigenvalue weighted by Crippen LogP contribution is -2.43. The van der Waals surface area contributed by atoms with E-state index < -0.39 is 0 Å². The molecule has 102 valence electrons. The standard InChI is InChI=1S/C14H24N2O2/c17-14(4-3-13-2-1-7-18-13)16-6-5-11-8-15-9-12(11)10-16/h11-13,15H,1-10H2. The molecule has 3 atom stereocenters. The number of ether oxygens (including phenoxy) is 1. The van der Waals surface area contributed by atoms with E-state index in [9.17, 15) is 4.79 Å². The van der Waals surface area contributed by atoms with E-state index in [2.05, 4.69) is 10.2 Å². The molecule has 3 unspecified atom stereocenters. The molecule has 0 radical (unpaired) electrons. The van der Waals surface area contributed by atoms with E-state index in [-0.39, 0.29) is 0 Å². The highest BCUT2D eigenvalue weighted by atomic mass is 16.5. The Labute approximate surface area is 109 Å². The zero-order valence-corrected chi connectivity index (χ0v) is 11.1. The fourth-order valence-electron chi connectivity index (χ4n) is 3.58. The van der Waals surface area contributed by atoms with Gasteiger partial charge in [-0.1, -0.05) is 0 Å². The summed E-state index contributed by atoms with van der Waals surface area (Å²) in [6.07, 6.45) is 5.43. The minimum absolute atomic E-state index is 0.343. The van der Waals surface area contributed by atoms with E-state index in [0.717, 1.165) is 58.0 Å². The molecular weight excluding hydrogens is 228 g/mol. The van der Waals surface area contributed by atoms with Crippen molar-refractivity contribution in [2.75, 3.05) is 32.8 Å². The predicted octanol–water partition coefficient (Wildman–Crippen LogP) is 1.01. The van der Waals surface area contributed by atoms with Gasteiger partial charge in [-0.25, -0.2) is 0 Å². The minimum Gasteiger partial charge on any atom is -0.378 e. The Morgan fingerprint density at radius 1 is 1.28 bits per heavy atom. The lowest BCUT2D eigenvalue weighted by atomic mass is 9.88. The molecule has 3 aliphatic rings. The number of hydrogen-bond donors (Lipinski definition) is 1. The second-order valence-corrected chi connectivity index (χ2v) is 5.98. The quantitative estimate of drug-likeness (QED) is 0.815. The molecule has 0 aromatic heterocycles. The van der Waals surface area contributed by atoms with Gasteiger partial charge < -0.3 is 15.0 Å². The topological polar surface area (TPSA) is 41.6 Å². The summed E-state index contributed by atoms with van der Waals surface area (Å²) in [5.74, 6) is 1.86. The zero-order valence-electron chi connectivity index (χ0n) is 11.1. The number of fused-ring (bicyclic) bond motifs is 1. The van der Waals surface area contributed by atoms with Gasteiger partial charge in [-0.3, -0.25) is 4.79 Å². The lowest BCUT2D eigenvalue weighted by molar-refractivity contribution is -0.134. The van der Waals surface area contributed by atoms with Gasteiger partial charge in [0.25, 0.3) is 0 Å². The maximum atomic E-state index is 12.2. The minimum atomic E-state index is 0.343. The molecule has 18 heavy (non-hydrogen) atoms. The molecule has 1 N–H and O–H groups in total. The van der Waals surface area contributed by atoms with Gasteiger partial charge in [0.05, 0.1) is 6.10 Å². The van der Waals surface area contributed by atoms with Crippen molar-refractivity contribution in [2.24, 2.45) is 11.8 Å². The Kier molecular flexibility index (Phi) is 3.85. The Morgan fingerprint density at radius 2 is 2.17 bits per heavy atom. The summed E-state index contributed by atoms with van der Waals surface area (Å²) >= 11 is 0. The predicted molar refractivity (Wildman–Crippen MR) is 69.3 cm³/mol. The van der Waals surface area contributed by atoms with Gasteiger partial charge >= 0.3 is 0 Å². The molecule has 3 aliphatic heterocycles. The Morgan fingerprint density at radius 3 is 3.00 bits per heavy atom. The number of carbonyl (C=O) groups is 1. The van der Waals surface area contributed by atoms with Crippen LogP contribution < -0.4 is 5.32 Å². The monoisotopic (exact) mass is 252 g/mol. The van der Waals surface area contributed by atoms with Crippen molar-refractivity contribution in [3.63, 3.8) is 0 Å². The van der Waals surface area contributed by atoms with E-state index in [1.807, 2.05) is 0 Å². The second kappa shape index (κ2) is 5.57. The van der Waals surface area contributed by atoms with E-state index in [1.54, 1.807) is 0 Å². The van der Waals surface area contributed by atoms with Crippen LogP contribution in [0.15, 0.2) is 0 Å². The number of carbonyl (C=O) groups excluding carboxylic acids is 1. The SMILES string of the molecule is O=C(CCC1CCCO1)N1CCC2CNCC2C1. The highest BCUT2D eigenvalue weighted by Crippen LogP contribution is 2.27. The molecule has 0 aromatic rings. The van der Waals surface area contributed by atoms with Crippen molar-refractivity contribution in [1.82, 2.24) is 10.2 Å². The Hall–Kier alpha value is -0.610. The Balaban J connectivity index is 1.44.